The third-order valence-electron chi connectivity index (χ3n) is 8.46. The summed E-state index contributed by atoms with van der Waals surface area (Å²) in [6.45, 7) is 6.74. The molecule has 39 heavy (non-hydrogen) atoms. The summed E-state index contributed by atoms with van der Waals surface area (Å²) in [5.41, 5.74) is 4.70. The molecule has 0 unspecified atom stereocenters. The molecule has 2 aromatic heterocycles. The van der Waals surface area contributed by atoms with Gasteiger partial charge in [-0.1, -0.05) is 155 Å². The van der Waals surface area contributed by atoms with E-state index in [1.807, 2.05) is 12.4 Å². The van der Waals surface area contributed by atoms with Crippen molar-refractivity contribution >= 4 is 0 Å². The molecule has 0 aliphatic rings. The Morgan fingerprint density at radius 3 is 1.38 bits per heavy atom. The topological polar surface area (TPSA) is 25.8 Å². The molecule has 2 nitrogen and oxygen atoms in total. The largest absolute Gasteiger partial charge is 0.255 e. The van der Waals surface area contributed by atoms with Gasteiger partial charge in [-0.15, -0.1) is 0 Å². The number of unbranched alkanes of at least 4 members (excludes halogenated alkanes) is 18. The average molecular weight is 535 g/mol. The lowest BCUT2D eigenvalue weighted by atomic mass is 9.88. The SMILES string of the molecule is CCCCCCCCCCCCC(CCCCCCCCCCCC)Cc1ccnc(-c2cc(C)ccn2)c1. The normalized spacial score (nSPS) is 11.5. The van der Waals surface area contributed by atoms with Crippen LogP contribution < -0.4 is 0 Å². The quantitative estimate of drug-likeness (QED) is 0.118. The molecule has 0 amide bonds. The van der Waals surface area contributed by atoms with Gasteiger partial charge < -0.3 is 0 Å². The zero-order chi connectivity index (χ0) is 27.8. The van der Waals surface area contributed by atoms with Gasteiger partial charge in [0.25, 0.3) is 0 Å². The Hall–Kier alpha value is -1.70. The lowest BCUT2D eigenvalue weighted by Gasteiger charge is -2.18. The van der Waals surface area contributed by atoms with Crippen LogP contribution in [-0.4, -0.2) is 9.97 Å². The molecule has 2 aromatic rings. The van der Waals surface area contributed by atoms with Crippen LogP contribution in [0, 0.1) is 12.8 Å². The molecule has 0 atom stereocenters. The van der Waals surface area contributed by atoms with Crippen molar-refractivity contribution in [2.75, 3.05) is 0 Å². The van der Waals surface area contributed by atoms with Crippen LogP contribution >= 0.6 is 0 Å². The number of rotatable bonds is 25. The van der Waals surface area contributed by atoms with Crippen molar-refractivity contribution in [3.05, 3.63) is 47.8 Å². The third kappa shape index (κ3) is 16.9. The zero-order valence-corrected chi connectivity index (χ0v) is 26.2. The minimum Gasteiger partial charge on any atom is -0.255 e. The molecule has 0 saturated heterocycles. The first kappa shape index (κ1) is 33.5. The Balaban J connectivity index is 1.76. The molecule has 220 valence electrons. The van der Waals surface area contributed by atoms with E-state index >= 15 is 0 Å². The first-order valence-corrected chi connectivity index (χ1v) is 17.1. The summed E-state index contributed by atoms with van der Waals surface area (Å²) in [6, 6.07) is 8.74. The monoisotopic (exact) mass is 534 g/mol. The Labute approximate surface area is 243 Å². The smallest absolute Gasteiger partial charge is 0.0888 e. The molecule has 0 aromatic carbocycles. The van der Waals surface area contributed by atoms with Crippen molar-refractivity contribution in [1.82, 2.24) is 9.97 Å². The van der Waals surface area contributed by atoms with Crippen LogP contribution in [0.2, 0.25) is 0 Å². The van der Waals surface area contributed by atoms with Crippen LogP contribution in [0.25, 0.3) is 11.4 Å². The Bertz CT molecular complexity index is 806. The molecule has 2 heterocycles. The van der Waals surface area contributed by atoms with E-state index in [4.69, 9.17) is 0 Å². The van der Waals surface area contributed by atoms with Gasteiger partial charge in [-0.3, -0.25) is 9.97 Å². The molecule has 2 heteroatoms. The fraction of sp³-hybridized carbons (Fsp3) is 0.730. The fourth-order valence-electron chi connectivity index (χ4n) is 5.94. The van der Waals surface area contributed by atoms with Crippen molar-refractivity contribution in [2.24, 2.45) is 5.92 Å². The highest BCUT2D eigenvalue weighted by atomic mass is 14.8. The molecule has 0 bridgehead atoms. The molecule has 0 N–H and O–H groups in total. The maximum absolute atomic E-state index is 4.65. The van der Waals surface area contributed by atoms with Gasteiger partial charge in [-0.2, -0.15) is 0 Å². The zero-order valence-electron chi connectivity index (χ0n) is 26.2. The summed E-state index contributed by atoms with van der Waals surface area (Å²) in [6.07, 6.45) is 36.3. The molecule has 0 saturated carbocycles. The van der Waals surface area contributed by atoms with Gasteiger partial charge in [-0.25, -0.2) is 0 Å². The minimum absolute atomic E-state index is 0.800. The highest BCUT2D eigenvalue weighted by molar-refractivity contribution is 5.55. The predicted molar refractivity (Wildman–Crippen MR) is 172 cm³/mol. The van der Waals surface area contributed by atoms with Crippen molar-refractivity contribution in [2.45, 2.75) is 168 Å². The first-order valence-electron chi connectivity index (χ1n) is 17.1. The molecular formula is C37H62N2. The van der Waals surface area contributed by atoms with Gasteiger partial charge in [0, 0.05) is 12.4 Å². The number of pyridine rings is 2. The van der Waals surface area contributed by atoms with E-state index < -0.39 is 0 Å². The minimum atomic E-state index is 0.800. The van der Waals surface area contributed by atoms with E-state index in [0.29, 0.717) is 0 Å². The van der Waals surface area contributed by atoms with Crippen molar-refractivity contribution in [3.63, 3.8) is 0 Å². The van der Waals surface area contributed by atoms with Crippen molar-refractivity contribution < 1.29 is 0 Å². The molecule has 2 rings (SSSR count). The molecule has 0 fully saturated rings. The maximum atomic E-state index is 4.65. The fourth-order valence-corrected chi connectivity index (χ4v) is 5.94. The lowest BCUT2D eigenvalue weighted by molar-refractivity contribution is 0.399. The number of nitrogens with zero attached hydrogens (tertiary/aromatic N) is 2. The summed E-state index contributed by atoms with van der Waals surface area (Å²) in [5.74, 6) is 0.800. The molecule has 0 aliphatic heterocycles. The lowest BCUT2D eigenvalue weighted by Crippen LogP contribution is -2.06. The van der Waals surface area contributed by atoms with Crippen LogP contribution in [0.5, 0.6) is 0 Å². The van der Waals surface area contributed by atoms with E-state index in [1.54, 1.807) is 0 Å². The van der Waals surface area contributed by atoms with E-state index in [1.165, 1.54) is 159 Å². The van der Waals surface area contributed by atoms with Crippen LogP contribution in [0.4, 0.5) is 0 Å². The maximum Gasteiger partial charge on any atom is 0.0888 e. The summed E-state index contributed by atoms with van der Waals surface area (Å²) < 4.78 is 0. The summed E-state index contributed by atoms with van der Waals surface area (Å²) in [5, 5.41) is 0. The van der Waals surface area contributed by atoms with Crippen LogP contribution in [0.3, 0.4) is 0 Å². The number of hydrogen-bond acceptors (Lipinski definition) is 2. The van der Waals surface area contributed by atoms with Crippen LogP contribution in [0.15, 0.2) is 36.7 Å². The highest BCUT2D eigenvalue weighted by Crippen LogP contribution is 2.25. The molecule has 0 spiro atoms. The van der Waals surface area contributed by atoms with Gasteiger partial charge in [-0.05, 0) is 54.7 Å². The number of aromatic nitrogens is 2. The Morgan fingerprint density at radius 2 is 0.923 bits per heavy atom. The summed E-state index contributed by atoms with van der Waals surface area (Å²) in [4.78, 5) is 9.23. The molecular weight excluding hydrogens is 472 g/mol. The van der Waals surface area contributed by atoms with E-state index in [2.05, 4.69) is 55.0 Å². The van der Waals surface area contributed by atoms with Gasteiger partial charge in [0.05, 0.1) is 11.4 Å². The highest BCUT2D eigenvalue weighted by Gasteiger charge is 2.12. The van der Waals surface area contributed by atoms with Gasteiger partial charge in [0.2, 0.25) is 0 Å². The van der Waals surface area contributed by atoms with Crippen molar-refractivity contribution in [1.29, 1.82) is 0 Å². The van der Waals surface area contributed by atoms with Gasteiger partial charge in [0.15, 0.2) is 0 Å². The summed E-state index contributed by atoms with van der Waals surface area (Å²) >= 11 is 0. The second kappa shape index (κ2) is 23.0. The van der Waals surface area contributed by atoms with Gasteiger partial charge >= 0.3 is 0 Å². The van der Waals surface area contributed by atoms with Gasteiger partial charge in [0.1, 0.15) is 0 Å². The number of hydrogen-bond donors (Lipinski definition) is 0. The van der Waals surface area contributed by atoms with E-state index in [9.17, 15) is 0 Å². The average Bonchev–Trinajstić information content (AvgIpc) is 2.95. The second-order valence-electron chi connectivity index (χ2n) is 12.3. The summed E-state index contributed by atoms with van der Waals surface area (Å²) in [7, 11) is 0. The standard InChI is InChI=1S/C37H62N2/c1-4-6-8-10-12-14-16-18-20-22-24-34(25-23-21-19-17-15-13-11-9-7-5-2)31-35-27-29-39-37(32-35)36-30-33(3)26-28-38-36/h26-30,32,34H,4-25,31H2,1-3H3. The molecule has 0 aliphatic carbocycles. The van der Waals surface area contributed by atoms with E-state index in [0.717, 1.165) is 17.3 Å². The second-order valence-corrected chi connectivity index (χ2v) is 12.3. The third-order valence-corrected chi connectivity index (χ3v) is 8.46. The predicted octanol–water partition coefficient (Wildman–Crippen LogP) is 12.2. The first-order chi connectivity index (χ1) is 19.2. The Kier molecular flexibility index (Phi) is 19.8. The van der Waals surface area contributed by atoms with Crippen LogP contribution in [-0.2, 0) is 6.42 Å². The van der Waals surface area contributed by atoms with E-state index in [-0.39, 0.29) is 0 Å². The van der Waals surface area contributed by atoms with Crippen molar-refractivity contribution in [3.8, 4) is 11.4 Å². The number of aryl methyl sites for hydroxylation is 1. The molecule has 0 radical (unpaired) electrons. The van der Waals surface area contributed by atoms with Crippen LogP contribution in [0.1, 0.15) is 166 Å². The Morgan fingerprint density at radius 1 is 0.513 bits per heavy atom.